The predicted octanol–water partition coefficient (Wildman–Crippen LogP) is 4.60. The lowest BCUT2D eigenvalue weighted by atomic mass is 10.1. The number of hydrogen-bond donors (Lipinski definition) is 2. The Kier molecular flexibility index (Phi) is 7.53. The summed E-state index contributed by atoms with van der Waals surface area (Å²) >= 11 is 0. The summed E-state index contributed by atoms with van der Waals surface area (Å²) in [6, 6.07) is 12.8. The molecule has 0 saturated heterocycles. The lowest BCUT2D eigenvalue weighted by Crippen LogP contribution is -2.23. The average molecular weight is 449 g/mol. The zero-order chi connectivity index (χ0) is 16.9. The molecule has 0 aromatic heterocycles. The van der Waals surface area contributed by atoms with Gasteiger partial charge in [0.2, 0.25) is 0 Å². The maximum absolute atomic E-state index is 12.5. The zero-order valence-corrected chi connectivity index (χ0v) is 15.4. The minimum absolute atomic E-state index is 0. The molecule has 0 aliphatic carbocycles. The number of nitrogens with one attached hydrogen (secondary N) is 1. The highest BCUT2D eigenvalue weighted by Gasteiger charge is 2.29. The molecule has 0 atom stereocenters. The number of anilines is 1. The monoisotopic (exact) mass is 449 g/mol. The van der Waals surface area contributed by atoms with Gasteiger partial charge >= 0.3 is 6.18 Å². The number of halogens is 4. The molecule has 130 valence electrons. The topological polar surface area (TPSA) is 50.4 Å². The number of benzene rings is 2. The number of aliphatic imine (C=N–C) groups is 1. The third kappa shape index (κ3) is 6.38. The molecular weight excluding hydrogens is 430 g/mol. The number of guanidine groups is 1. The normalized spacial score (nSPS) is 11.8. The van der Waals surface area contributed by atoms with Crippen LogP contribution in [-0.4, -0.2) is 12.5 Å². The Morgan fingerprint density at radius 3 is 2.38 bits per heavy atom. The summed E-state index contributed by atoms with van der Waals surface area (Å²) in [5, 5.41) is 2.98. The fraction of sp³-hybridized carbons (Fsp3) is 0.235. The predicted molar refractivity (Wildman–Crippen MR) is 102 cm³/mol. The van der Waals surface area contributed by atoms with E-state index in [2.05, 4.69) is 10.3 Å². The first-order chi connectivity index (χ1) is 10.8. The fourth-order valence-electron chi connectivity index (χ4n) is 2.08. The molecule has 0 fully saturated rings. The van der Waals surface area contributed by atoms with E-state index >= 15 is 0 Å². The number of aryl methyl sites for hydroxylation is 1. The van der Waals surface area contributed by atoms with E-state index in [0.717, 1.165) is 28.9 Å². The van der Waals surface area contributed by atoms with Gasteiger partial charge < -0.3 is 11.1 Å². The van der Waals surface area contributed by atoms with Crippen LogP contribution in [-0.2, 0) is 12.6 Å². The second-order valence-electron chi connectivity index (χ2n) is 5.21. The molecule has 0 spiro atoms. The highest BCUT2D eigenvalue weighted by molar-refractivity contribution is 14.0. The van der Waals surface area contributed by atoms with E-state index in [1.165, 1.54) is 12.1 Å². The van der Waals surface area contributed by atoms with Crippen LogP contribution >= 0.6 is 24.0 Å². The van der Waals surface area contributed by atoms with Gasteiger partial charge in [-0.1, -0.05) is 24.3 Å². The number of rotatable bonds is 4. The summed E-state index contributed by atoms with van der Waals surface area (Å²) in [5.74, 6) is 0.280. The van der Waals surface area contributed by atoms with Crippen molar-refractivity contribution in [2.45, 2.75) is 19.5 Å². The van der Waals surface area contributed by atoms with Crippen molar-refractivity contribution in [1.29, 1.82) is 0 Å². The van der Waals surface area contributed by atoms with Crippen molar-refractivity contribution in [3.8, 4) is 0 Å². The zero-order valence-electron chi connectivity index (χ0n) is 13.1. The summed E-state index contributed by atoms with van der Waals surface area (Å²) in [6.07, 6.45) is -3.78. The van der Waals surface area contributed by atoms with Crippen molar-refractivity contribution in [1.82, 2.24) is 0 Å². The van der Waals surface area contributed by atoms with Crippen LogP contribution in [0.25, 0.3) is 0 Å². The van der Waals surface area contributed by atoms with Crippen LogP contribution in [0, 0.1) is 6.92 Å². The van der Waals surface area contributed by atoms with Crippen LogP contribution in [0.3, 0.4) is 0 Å². The third-order valence-electron chi connectivity index (χ3n) is 3.25. The number of alkyl halides is 3. The standard InChI is InChI=1S/C17H18F3N3.HI/c1-12-3-2-4-15(11-12)23-16(21)22-10-9-13-5-7-14(8-6-13)17(18,19)20;/h2-8,11H,9-10H2,1H3,(H3,21,22,23);1H. The molecule has 2 aromatic rings. The number of hydrogen-bond acceptors (Lipinski definition) is 1. The van der Waals surface area contributed by atoms with Crippen LogP contribution in [0.15, 0.2) is 53.5 Å². The maximum Gasteiger partial charge on any atom is 0.416 e. The van der Waals surface area contributed by atoms with Gasteiger partial charge in [0, 0.05) is 12.2 Å². The largest absolute Gasteiger partial charge is 0.416 e. The van der Waals surface area contributed by atoms with E-state index in [1.807, 2.05) is 31.2 Å². The highest BCUT2D eigenvalue weighted by Crippen LogP contribution is 2.29. The van der Waals surface area contributed by atoms with Gasteiger partial charge in [-0.2, -0.15) is 13.2 Å². The Bertz CT molecular complexity index is 682. The van der Waals surface area contributed by atoms with Gasteiger partial charge in [-0.15, -0.1) is 24.0 Å². The molecule has 0 unspecified atom stereocenters. The highest BCUT2D eigenvalue weighted by atomic mass is 127. The van der Waals surface area contributed by atoms with Crippen LogP contribution in [0.5, 0.6) is 0 Å². The van der Waals surface area contributed by atoms with Gasteiger partial charge in [0.05, 0.1) is 5.56 Å². The molecule has 0 aliphatic heterocycles. The SMILES string of the molecule is Cc1cccc(NC(N)=NCCc2ccc(C(F)(F)F)cc2)c1.I. The summed E-state index contributed by atoms with van der Waals surface area (Å²) in [6.45, 7) is 2.37. The van der Waals surface area contributed by atoms with Crippen molar-refractivity contribution in [2.24, 2.45) is 10.7 Å². The van der Waals surface area contributed by atoms with Crippen molar-refractivity contribution < 1.29 is 13.2 Å². The lowest BCUT2D eigenvalue weighted by molar-refractivity contribution is -0.137. The van der Waals surface area contributed by atoms with Crippen molar-refractivity contribution in [2.75, 3.05) is 11.9 Å². The molecule has 0 aliphatic rings. The molecule has 2 aromatic carbocycles. The first-order valence-corrected chi connectivity index (χ1v) is 7.14. The molecule has 0 bridgehead atoms. The van der Waals surface area contributed by atoms with E-state index < -0.39 is 11.7 Å². The van der Waals surface area contributed by atoms with E-state index in [4.69, 9.17) is 5.73 Å². The fourth-order valence-corrected chi connectivity index (χ4v) is 2.08. The van der Waals surface area contributed by atoms with Gasteiger partial charge in [-0.25, -0.2) is 0 Å². The van der Waals surface area contributed by atoms with Crippen molar-refractivity contribution >= 4 is 35.6 Å². The molecular formula is C17H19F3IN3. The van der Waals surface area contributed by atoms with Crippen molar-refractivity contribution in [3.05, 3.63) is 65.2 Å². The number of nitrogens with two attached hydrogens (primary N) is 1. The Labute approximate surface area is 156 Å². The summed E-state index contributed by atoms with van der Waals surface area (Å²) in [5.41, 5.74) is 7.88. The minimum atomic E-state index is -4.31. The summed E-state index contributed by atoms with van der Waals surface area (Å²) in [4.78, 5) is 4.18. The quantitative estimate of drug-likeness (QED) is 0.407. The van der Waals surface area contributed by atoms with Crippen LogP contribution in [0.2, 0.25) is 0 Å². The van der Waals surface area contributed by atoms with Crippen LogP contribution in [0.1, 0.15) is 16.7 Å². The van der Waals surface area contributed by atoms with E-state index in [-0.39, 0.29) is 29.9 Å². The Morgan fingerprint density at radius 1 is 1.12 bits per heavy atom. The molecule has 3 N–H and O–H groups in total. The smallest absolute Gasteiger partial charge is 0.370 e. The molecule has 2 rings (SSSR count). The number of nitrogens with zero attached hydrogens (tertiary/aromatic N) is 1. The second-order valence-corrected chi connectivity index (χ2v) is 5.21. The molecule has 0 radical (unpaired) electrons. The van der Waals surface area contributed by atoms with E-state index in [1.54, 1.807) is 0 Å². The molecule has 24 heavy (non-hydrogen) atoms. The maximum atomic E-state index is 12.5. The molecule has 0 amide bonds. The average Bonchev–Trinajstić information content (AvgIpc) is 2.47. The van der Waals surface area contributed by atoms with Gasteiger partial charge in [0.1, 0.15) is 0 Å². The molecule has 0 saturated carbocycles. The van der Waals surface area contributed by atoms with Gasteiger partial charge in [0.15, 0.2) is 5.96 Å². The van der Waals surface area contributed by atoms with Gasteiger partial charge in [-0.05, 0) is 48.7 Å². The van der Waals surface area contributed by atoms with Gasteiger partial charge in [0.25, 0.3) is 0 Å². The summed E-state index contributed by atoms with van der Waals surface area (Å²) < 4.78 is 37.4. The Morgan fingerprint density at radius 2 is 1.79 bits per heavy atom. The Hall–Kier alpha value is -1.77. The van der Waals surface area contributed by atoms with E-state index in [9.17, 15) is 13.2 Å². The molecule has 0 heterocycles. The Balaban J connectivity index is 0.00000288. The van der Waals surface area contributed by atoms with Crippen LogP contribution < -0.4 is 11.1 Å². The first-order valence-electron chi connectivity index (χ1n) is 7.14. The van der Waals surface area contributed by atoms with Crippen molar-refractivity contribution in [3.63, 3.8) is 0 Å². The summed E-state index contributed by atoms with van der Waals surface area (Å²) in [7, 11) is 0. The third-order valence-corrected chi connectivity index (χ3v) is 3.25. The lowest BCUT2D eigenvalue weighted by Gasteiger charge is -2.08. The minimum Gasteiger partial charge on any atom is -0.370 e. The second kappa shape index (κ2) is 8.91. The first kappa shape index (κ1) is 20.3. The van der Waals surface area contributed by atoms with Gasteiger partial charge in [-0.3, -0.25) is 4.99 Å². The van der Waals surface area contributed by atoms with E-state index in [0.29, 0.717) is 13.0 Å². The molecule has 3 nitrogen and oxygen atoms in total. The molecule has 7 heteroatoms. The van der Waals surface area contributed by atoms with Crippen LogP contribution in [0.4, 0.5) is 18.9 Å².